The van der Waals surface area contributed by atoms with Crippen LogP contribution in [-0.4, -0.2) is 22.5 Å². The first-order chi connectivity index (χ1) is 13.0. The highest BCUT2D eigenvalue weighted by Gasteiger charge is 2.14. The van der Waals surface area contributed by atoms with E-state index in [1.807, 2.05) is 29.8 Å². The Morgan fingerprint density at radius 2 is 2.00 bits per heavy atom. The van der Waals surface area contributed by atoms with Gasteiger partial charge in [-0.05, 0) is 24.3 Å². The average molecular weight is 399 g/mol. The predicted octanol–water partition coefficient (Wildman–Crippen LogP) is 4.11. The van der Waals surface area contributed by atoms with Crippen molar-refractivity contribution in [2.75, 3.05) is 7.11 Å². The Kier molecular flexibility index (Phi) is 4.25. The zero-order chi connectivity index (χ0) is 19.1. The molecule has 0 atom stereocenters. The molecule has 2 aromatic carbocycles. The number of rotatable bonds is 3. The fourth-order valence-corrected chi connectivity index (χ4v) is 4.79. The first-order valence-corrected chi connectivity index (χ1v) is 9.51. The molecular weight excluding hydrogens is 386 g/mol. The molecule has 0 radical (unpaired) electrons. The zero-order valence-electron chi connectivity index (χ0n) is 14.3. The summed E-state index contributed by atoms with van der Waals surface area (Å²) in [5.41, 5.74) is 0.878. The predicted molar refractivity (Wildman–Crippen MR) is 106 cm³/mol. The summed E-state index contributed by atoms with van der Waals surface area (Å²) >= 11 is 2.67. The molecule has 0 aliphatic rings. The standard InChI is InChI=1S/C18H13N3O4S2/c1-20-16-12(25-2)4-3-5-14(16)27-18(20)19-17(22)15-9-10-8-11(21(23)24)6-7-13(10)26-15/h3-9H,1-2H3. The van der Waals surface area contributed by atoms with Crippen LogP contribution in [0.15, 0.2) is 47.5 Å². The largest absolute Gasteiger partial charge is 0.495 e. The van der Waals surface area contributed by atoms with Crippen LogP contribution in [0.3, 0.4) is 0 Å². The second kappa shape index (κ2) is 6.60. The topological polar surface area (TPSA) is 86.7 Å². The Balaban J connectivity index is 1.79. The molecule has 0 aliphatic heterocycles. The number of hydrogen-bond acceptors (Lipinski definition) is 6. The van der Waals surface area contributed by atoms with Gasteiger partial charge >= 0.3 is 0 Å². The molecule has 1 amide bonds. The van der Waals surface area contributed by atoms with Gasteiger partial charge in [0, 0.05) is 29.3 Å². The molecule has 2 heterocycles. The minimum atomic E-state index is -0.451. The van der Waals surface area contributed by atoms with Crippen molar-refractivity contribution in [3.05, 3.63) is 62.3 Å². The van der Waals surface area contributed by atoms with E-state index in [1.165, 1.54) is 34.8 Å². The molecule has 0 unspecified atom stereocenters. The number of nitro groups is 1. The summed E-state index contributed by atoms with van der Waals surface area (Å²) in [5, 5.41) is 11.6. The summed E-state index contributed by atoms with van der Waals surface area (Å²) in [5.74, 6) is 0.342. The molecular formula is C18H13N3O4S2. The molecule has 0 aliphatic carbocycles. The molecule has 0 N–H and O–H groups in total. The third-order valence-corrected chi connectivity index (χ3v) is 6.33. The van der Waals surface area contributed by atoms with Gasteiger partial charge in [-0.25, -0.2) is 0 Å². The Labute approximate surface area is 160 Å². The number of thiazole rings is 1. The van der Waals surface area contributed by atoms with E-state index in [0.29, 0.717) is 20.8 Å². The van der Waals surface area contributed by atoms with Crippen LogP contribution in [0.2, 0.25) is 0 Å². The molecule has 7 nitrogen and oxygen atoms in total. The van der Waals surface area contributed by atoms with Gasteiger partial charge in [0.05, 0.1) is 21.6 Å². The Morgan fingerprint density at radius 1 is 1.19 bits per heavy atom. The van der Waals surface area contributed by atoms with E-state index in [0.717, 1.165) is 14.9 Å². The lowest BCUT2D eigenvalue weighted by atomic mass is 10.2. The first-order valence-electron chi connectivity index (χ1n) is 7.87. The number of non-ortho nitro benzene ring substituents is 1. The minimum Gasteiger partial charge on any atom is -0.495 e. The SMILES string of the molecule is COc1cccc2sc(=NC(=O)c3cc4cc([N+](=O)[O-])ccc4s3)n(C)c12. The van der Waals surface area contributed by atoms with E-state index in [2.05, 4.69) is 4.99 Å². The number of methoxy groups -OCH3 is 1. The first kappa shape index (κ1) is 17.4. The number of thiophene rings is 1. The summed E-state index contributed by atoms with van der Waals surface area (Å²) in [4.78, 5) is 28.4. The molecule has 9 heteroatoms. The van der Waals surface area contributed by atoms with Gasteiger partial charge in [-0.3, -0.25) is 14.9 Å². The molecule has 136 valence electrons. The van der Waals surface area contributed by atoms with Crippen molar-refractivity contribution in [1.29, 1.82) is 0 Å². The third-order valence-electron chi connectivity index (χ3n) is 4.12. The van der Waals surface area contributed by atoms with Crippen molar-refractivity contribution in [2.45, 2.75) is 0 Å². The Bertz CT molecular complexity index is 1280. The van der Waals surface area contributed by atoms with Crippen LogP contribution in [0, 0.1) is 10.1 Å². The summed E-state index contributed by atoms with van der Waals surface area (Å²) in [6.45, 7) is 0. The number of nitrogens with zero attached hydrogens (tertiary/aromatic N) is 3. The minimum absolute atomic E-state index is 0.000704. The second-order valence-corrected chi connectivity index (χ2v) is 7.85. The molecule has 0 spiro atoms. The molecule has 0 bridgehead atoms. The number of ether oxygens (including phenoxy) is 1. The highest BCUT2D eigenvalue weighted by Crippen LogP contribution is 2.30. The number of para-hydroxylation sites is 1. The van der Waals surface area contributed by atoms with Gasteiger partial charge in [0.1, 0.15) is 11.3 Å². The number of nitro benzene ring substituents is 1. The lowest BCUT2D eigenvalue weighted by Crippen LogP contribution is -2.13. The summed E-state index contributed by atoms with van der Waals surface area (Å²) in [7, 11) is 3.44. The van der Waals surface area contributed by atoms with Crippen molar-refractivity contribution < 1.29 is 14.5 Å². The van der Waals surface area contributed by atoms with Crippen molar-refractivity contribution in [3.63, 3.8) is 0 Å². The van der Waals surface area contributed by atoms with Crippen molar-refractivity contribution >= 4 is 54.6 Å². The molecule has 4 rings (SSSR count). The van der Waals surface area contributed by atoms with Crippen molar-refractivity contribution in [3.8, 4) is 5.75 Å². The van der Waals surface area contributed by atoms with Gasteiger partial charge in [-0.15, -0.1) is 11.3 Å². The highest BCUT2D eigenvalue weighted by molar-refractivity contribution is 7.21. The molecule has 4 aromatic rings. The van der Waals surface area contributed by atoms with E-state index in [4.69, 9.17) is 4.74 Å². The lowest BCUT2D eigenvalue weighted by molar-refractivity contribution is -0.384. The fourth-order valence-electron chi connectivity index (χ4n) is 2.83. The maximum absolute atomic E-state index is 12.7. The van der Waals surface area contributed by atoms with Crippen molar-refractivity contribution in [2.24, 2.45) is 12.0 Å². The quantitative estimate of drug-likeness (QED) is 0.383. The van der Waals surface area contributed by atoms with Crippen LogP contribution in [0.5, 0.6) is 5.75 Å². The van der Waals surface area contributed by atoms with Crippen LogP contribution >= 0.6 is 22.7 Å². The number of hydrogen-bond donors (Lipinski definition) is 0. The highest BCUT2D eigenvalue weighted by atomic mass is 32.1. The Hall–Kier alpha value is -3.04. The maximum Gasteiger partial charge on any atom is 0.289 e. The summed E-state index contributed by atoms with van der Waals surface area (Å²) < 4.78 is 8.99. The van der Waals surface area contributed by atoms with E-state index in [1.54, 1.807) is 19.2 Å². The number of carbonyl (C=O) groups excluding carboxylic acids is 1. The molecule has 0 saturated heterocycles. The fraction of sp³-hybridized carbons (Fsp3) is 0.111. The van der Waals surface area contributed by atoms with E-state index in [-0.39, 0.29) is 11.6 Å². The van der Waals surface area contributed by atoms with Gasteiger partial charge in [-0.2, -0.15) is 4.99 Å². The van der Waals surface area contributed by atoms with E-state index in [9.17, 15) is 14.9 Å². The summed E-state index contributed by atoms with van der Waals surface area (Å²) in [6, 6.07) is 11.9. The van der Waals surface area contributed by atoms with Crippen LogP contribution in [0.1, 0.15) is 9.67 Å². The van der Waals surface area contributed by atoms with Gasteiger partial charge in [0.25, 0.3) is 11.6 Å². The van der Waals surface area contributed by atoms with Gasteiger partial charge < -0.3 is 9.30 Å². The number of carbonyl (C=O) groups is 1. The second-order valence-electron chi connectivity index (χ2n) is 5.76. The van der Waals surface area contributed by atoms with Gasteiger partial charge in [-0.1, -0.05) is 17.4 Å². The van der Waals surface area contributed by atoms with Crippen LogP contribution in [0.25, 0.3) is 20.3 Å². The monoisotopic (exact) mass is 399 g/mol. The van der Waals surface area contributed by atoms with Gasteiger partial charge in [0.2, 0.25) is 0 Å². The number of amides is 1. The van der Waals surface area contributed by atoms with Gasteiger partial charge in [0.15, 0.2) is 4.80 Å². The van der Waals surface area contributed by atoms with Crippen LogP contribution < -0.4 is 9.54 Å². The molecule has 2 aromatic heterocycles. The maximum atomic E-state index is 12.7. The number of benzene rings is 2. The smallest absolute Gasteiger partial charge is 0.289 e. The summed E-state index contributed by atoms with van der Waals surface area (Å²) in [6.07, 6.45) is 0. The molecule has 0 saturated carbocycles. The van der Waals surface area contributed by atoms with Crippen LogP contribution in [0.4, 0.5) is 5.69 Å². The number of aromatic nitrogens is 1. The average Bonchev–Trinajstić information content (AvgIpc) is 3.22. The number of fused-ring (bicyclic) bond motifs is 2. The molecule has 27 heavy (non-hydrogen) atoms. The zero-order valence-corrected chi connectivity index (χ0v) is 16.0. The van der Waals surface area contributed by atoms with E-state index >= 15 is 0 Å². The normalized spacial score (nSPS) is 12.0. The Morgan fingerprint density at radius 3 is 2.74 bits per heavy atom. The van der Waals surface area contributed by atoms with Crippen LogP contribution in [-0.2, 0) is 7.05 Å². The van der Waals surface area contributed by atoms with E-state index < -0.39 is 4.92 Å². The molecule has 0 fully saturated rings. The van der Waals surface area contributed by atoms with Crippen molar-refractivity contribution in [1.82, 2.24) is 4.57 Å². The lowest BCUT2D eigenvalue weighted by Gasteiger charge is -2.02. The number of aryl methyl sites for hydroxylation is 1. The third kappa shape index (κ3) is 3.00.